The first-order valence-corrected chi connectivity index (χ1v) is 6.46. The van der Waals surface area contributed by atoms with Crippen molar-refractivity contribution in [2.75, 3.05) is 18.5 Å². The summed E-state index contributed by atoms with van der Waals surface area (Å²) in [5, 5.41) is 11.4. The van der Waals surface area contributed by atoms with E-state index >= 15 is 0 Å². The highest BCUT2D eigenvalue weighted by molar-refractivity contribution is 6.07. The van der Waals surface area contributed by atoms with Crippen LogP contribution in [0.15, 0.2) is 54.6 Å². The Morgan fingerprint density at radius 1 is 1.00 bits per heavy atom. The molecular formula is C16H15NO4. The van der Waals surface area contributed by atoms with Crippen molar-refractivity contribution < 1.29 is 19.4 Å². The average molecular weight is 285 g/mol. The fourth-order valence-electron chi connectivity index (χ4n) is 1.77. The third-order valence-corrected chi connectivity index (χ3v) is 2.76. The van der Waals surface area contributed by atoms with Crippen molar-refractivity contribution in [3.05, 3.63) is 65.7 Å². The highest BCUT2D eigenvalue weighted by atomic mass is 16.5. The van der Waals surface area contributed by atoms with Crippen molar-refractivity contribution in [1.82, 2.24) is 0 Å². The van der Waals surface area contributed by atoms with Gasteiger partial charge in [-0.25, -0.2) is 4.79 Å². The van der Waals surface area contributed by atoms with Gasteiger partial charge in [0, 0.05) is 5.56 Å². The van der Waals surface area contributed by atoms with Crippen LogP contribution in [0.3, 0.4) is 0 Å². The molecule has 0 heterocycles. The van der Waals surface area contributed by atoms with Crippen LogP contribution in [0.5, 0.6) is 0 Å². The van der Waals surface area contributed by atoms with Gasteiger partial charge in [0.15, 0.2) is 0 Å². The molecule has 21 heavy (non-hydrogen) atoms. The Balaban J connectivity index is 2.17. The van der Waals surface area contributed by atoms with E-state index < -0.39 is 5.97 Å². The number of carbonyl (C=O) groups is 2. The molecule has 2 aromatic rings. The summed E-state index contributed by atoms with van der Waals surface area (Å²) in [5.41, 5.74) is 1.11. The predicted molar refractivity (Wildman–Crippen MR) is 78.2 cm³/mol. The van der Waals surface area contributed by atoms with E-state index in [0.29, 0.717) is 11.3 Å². The van der Waals surface area contributed by atoms with Gasteiger partial charge in [-0.15, -0.1) is 0 Å². The molecule has 0 atom stereocenters. The molecule has 0 aliphatic carbocycles. The number of para-hydroxylation sites is 1. The van der Waals surface area contributed by atoms with Crippen molar-refractivity contribution in [2.45, 2.75) is 0 Å². The fourth-order valence-corrected chi connectivity index (χ4v) is 1.77. The van der Waals surface area contributed by atoms with Gasteiger partial charge < -0.3 is 15.2 Å². The number of esters is 1. The lowest BCUT2D eigenvalue weighted by molar-refractivity contribution is 0.0435. The van der Waals surface area contributed by atoms with E-state index in [0.717, 1.165) is 0 Å². The minimum absolute atomic E-state index is 0.0835. The fraction of sp³-hybridized carbons (Fsp3) is 0.125. The molecule has 2 rings (SSSR count). The standard InChI is InChI=1S/C16H15NO4/c18-10-11-21-16(20)13-8-4-5-9-14(13)17-15(19)12-6-2-1-3-7-12/h1-9,18H,10-11H2,(H,17,19). The van der Waals surface area contributed by atoms with E-state index in [1.807, 2.05) is 6.07 Å². The molecule has 5 nitrogen and oxygen atoms in total. The topological polar surface area (TPSA) is 75.6 Å². The Morgan fingerprint density at radius 3 is 2.38 bits per heavy atom. The van der Waals surface area contributed by atoms with Gasteiger partial charge in [0.05, 0.1) is 17.9 Å². The molecule has 0 fully saturated rings. The summed E-state index contributed by atoms with van der Waals surface area (Å²) >= 11 is 0. The lowest BCUT2D eigenvalue weighted by Gasteiger charge is -2.10. The van der Waals surface area contributed by atoms with E-state index in [4.69, 9.17) is 9.84 Å². The molecular weight excluding hydrogens is 270 g/mol. The normalized spacial score (nSPS) is 9.95. The Bertz CT molecular complexity index is 625. The smallest absolute Gasteiger partial charge is 0.340 e. The zero-order valence-corrected chi connectivity index (χ0v) is 11.3. The van der Waals surface area contributed by atoms with Gasteiger partial charge in [-0.1, -0.05) is 30.3 Å². The molecule has 2 N–H and O–H groups in total. The molecule has 0 saturated heterocycles. The van der Waals surface area contributed by atoms with Gasteiger partial charge in [-0.2, -0.15) is 0 Å². The van der Waals surface area contributed by atoms with Crippen molar-refractivity contribution in [3.63, 3.8) is 0 Å². The SMILES string of the molecule is O=C(Nc1ccccc1C(=O)OCCO)c1ccccc1. The Hall–Kier alpha value is -2.66. The minimum atomic E-state index is -0.590. The lowest BCUT2D eigenvalue weighted by Crippen LogP contribution is -2.16. The predicted octanol–water partition coefficient (Wildman–Crippen LogP) is 2.09. The van der Waals surface area contributed by atoms with Gasteiger partial charge in [0.2, 0.25) is 0 Å². The second-order valence-electron chi connectivity index (χ2n) is 4.23. The summed E-state index contributed by atoms with van der Waals surface area (Å²) in [5.74, 6) is -0.897. The van der Waals surface area contributed by atoms with Gasteiger partial charge in [0.1, 0.15) is 6.61 Å². The zero-order chi connectivity index (χ0) is 15.1. The zero-order valence-electron chi connectivity index (χ0n) is 11.3. The molecule has 2 aromatic carbocycles. The van der Waals surface area contributed by atoms with Crippen molar-refractivity contribution in [2.24, 2.45) is 0 Å². The largest absolute Gasteiger partial charge is 0.460 e. The van der Waals surface area contributed by atoms with Crippen LogP contribution in [0.1, 0.15) is 20.7 Å². The van der Waals surface area contributed by atoms with Crippen LogP contribution in [0.2, 0.25) is 0 Å². The van der Waals surface area contributed by atoms with Crippen molar-refractivity contribution >= 4 is 17.6 Å². The van der Waals surface area contributed by atoms with Crippen molar-refractivity contribution in [3.8, 4) is 0 Å². The summed E-state index contributed by atoms with van der Waals surface area (Å²) < 4.78 is 4.86. The summed E-state index contributed by atoms with van der Waals surface area (Å²) in [6.07, 6.45) is 0. The third-order valence-electron chi connectivity index (χ3n) is 2.76. The first-order chi connectivity index (χ1) is 10.2. The molecule has 0 aliphatic heterocycles. The Labute approximate surface area is 122 Å². The van der Waals surface area contributed by atoms with Crippen LogP contribution in [-0.4, -0.2) is 30.2 Å². The van der Waals surface area contributed by atoms with Crippen LogP contribution >= 0.6 is 0 Å². The maximum Gasteiger partial charge on any atom is 0.340 e. The molecule has 0 aromatic heterocycles. The third kappa shape index (κ3) is 3.90. The first kappa shape index (κ1) is 14.7. The minimum Gasteiger partial charge on any atom is -0.460 e. The van der Waals surface area contributed by atoms with Crippen LogP contribution in [0, 0.1) is 0 Å². The Kier molecular flexibility index (Phi) is 5.06. The first-order valence-electron chi connectivity index (χ1n) is 6.46. The number of rotatable bonds is 5. The summed E-state index contributed by atoms with van der Waals surface area (Å²) in [6.45, 7) is -0.329. The number of hydrogen-bond acceptors (Lipinski definition) is 4. The molecule has 108 valence electrons. The maximum absolute atomic E-state index is 12.1. The second kappa shape index (κ2) is 7.21. The number of carbonyl (C=O) groups excluding carboxylic acids is 2. The number of aliphatic hydroxyl groups excluding tert-OH is 1. The van der Waals surface area contributed by atoms with Gasteiger partial charge in [-0.05, 0) is 24.3 Å². The van der Waals surface area contributed by atoms with Gasteiger partial charge >= 0.3 is 5.97 Å². The molecule has 5 heteroatoms. The van der Waals surface area contributed by atoms with E-state index in [2.05, 4.69) is 5.32 Å². The van der Waals surface area contributed by atoms with Crippen LogP contribution in [0.25, 0.3) is 0 Å². The number of amides is 1. The number of hydrogen-bond donors (Lipinski definition) is 2. The molecule has 0 aliphatic rings. The number of anilines is 1. The quantitative estimate of drug-likeness (QED) is 0.825. The van der Waals surface area contributed by atoms with Crippen LogP contribution in [-0.2, 0) is 4.74 Å². The molecule has 0 unspecified atom stereocenters. The summed E-state index contributed by atoms with van der Waals surface area (Å²) in [4.78, 5) is 24.0. The van der Waals surface area contributed by atoms with E-state index in [9.17, 15) is 9.59 Å². The highest BCUT2D eigenvalue weighted by Gasteiger charge is 2.14. The van der Waals surface area contributed by atoms with Crippen LogP contribution < -0.4 is 5.32 Å². The van der Waals surface area contributed by atoms with E-state index in [1.54, 1.807) is 48.5 Å². The van der Waals surface area contributed by atoms with E-state index in [1.165, 1.54) is 0 Å². The number of nitrogens with one attached hydrogen (secondary N) is 1. The Morgan fingerprint density at radius 2 is 1.67 bits per heavy atom. The van der Waals surface area contributed by atoms with E-state index in [-0.39, 0.29) is 24.7 Å². The number of ether oxygens (including phenoxy) is 1. The molecule has 1 amide bonds. The van der Waals surface area contributed by atoms with Gasteiger partial charge in [-0.3, -0.25) is 4.79 Å². The second-order valence-corrected chi connectivity index (χ2v) is 4.23. The summed E-state index contributed by atoms with van der Waals surface area (Å²) in [6, 6.07) is 15.3. The summed E-state index contributed by atoms with van der Waals surface area (Å²) in [7, 11) is 0. The monoisotopic (exact) mass is 285 g/mol. The number of aliphatic hydroxyl groups is 1. The maximum atomic E-state index is 12.1. The molecule has 0 saturated carbocycles. The molecule has 0 bridgehead atoms. The average Bonchev–Trinajstić information content (AvgIpc) is 2.54. The molecule has 0 radical (unpaired) electrons. The lowest BCUT2D eigenvalue weighted by atomic mass is 10.1. The number of benzene rings is 2. The van der Waals surface area contributed by atoms with Gasteiger partial charge in [0.25, 0.3) is 5.91 Å². The van der Waals surface area contributed by atoms with Crippen molar-refractivity contribution in [1.29, 1.82) is 0 Å². The molecule has 0 spiro atoms. The van der Waals surface area contributed by atoms with Crippen LogP contribution in [0.4, 0.5) is 5.69 Å². The highest BCUT2D eigenvalue weighted by Crippen LogP contribution is 2.17.